The molecule has 0 spiro atoms. The largest absolute Gasteiger partial charge is 0.338 e. The minimum Gasteiger partial charge on any atom is -0.338 e. The maximum absolute atomic E-state index is 12.6. The van der Waals surface area contributed by atoms with Gasteiger partial charge in [-0.15, -0.1) is 0 Å². The molecule has 0 aliphatic carbocycles. The van der Waals surface area contributed by atoms with E-state index < -0.39 is 10.0 Å². The van der Waals surface area contributed by atoms with Crippen LogP contribution in [0, 0.1) is 0 Å². The van der Waals surface area contributed by atoms with E-state index in [0.29, 0.717) is 32.1 Å². The Hall–Kier alpha value is -1.71. The Morgan fingerprint density at radius 3 is 2.27 bits per heavy atom. The number of anilines is 1. The first-order valence-electron chi connectivity index (χ1n) is 6.69. The van der Waals surface area contributed by atoms with Crippen molar-refractivity contribution in [2.24, 2.45) is 7.05 Å². The molecule has 0 radical (unpaired) electrons. The maximum Gasteiger partial charge on any atom is 0.263 e. The molecule has 1 fully saturated rings. The van der Waals surface area contributed by atoms with Gasteiger partial charge in [-0.05, 0) is 6.07 Å². The van der Waals surface area contributed by atoms with Gasteiger partial charge in [-0.3, -0.25) is 0 Å². The second kappa shape index (κ2) is 5.82. The van der Waals surface area contributed by atoms with E-state index in [1.165, 1.54) is 15.2 Å². The van der Waals surface area contributed by atoms with E-state index in [-0.39, 0.29) is 10.2 Å². The summed E-state index contributed by atoms with van der Waals surface area (Å²) in [5.41, 5.74) is 0. The molecule has 8 nitrogen and oxygen atoms in total. The van der Waals surface area contributed by atoms with Gasteiger partial charge in [0.05, 0.1) is 6.33 Å². The first-order chi connectivity index (χ1) is 10.5. The molecule has 22 heavy (non-hydrogen) atoms. The van der Waals surface area contributed by atoms with Gasteiger partial charge < -0.3 is 9.47 Å². The summed E-state index contributed by atoms with van der Waals surface area (Å²) in [6.07, 6.45) is 4.72. The van der Waals surface area contributed by atoms with Crippen molar-refractivity contribution < 1.29 is 8.42 Å². The van der Waals surface area contributed by atoms with Crippen LogP contribution in [0.2, 0.25) is 5.15 Å². The molecular weight excluding hydrogens is 328 g/mol. The smallest absolute Gasteiger partial charge is 0.263 e. The Bertz CT molecular complexity index is 755. The molecule has 0 amide bonds. The lowest BCUT2D eigenvalue weighted by Crippen LogP contribution is -2.49. The van der Waals surface area contributed by atoms with E-state index in [9.17, 15) is 8.42 Å². The summed E-state index contributed by atoms with van der Waals surface area (Å²) in [5.74, 6) is 0.607. The number of nitrogens with zero attached hydrogens (tertiary/aromatic N) is 6. The van der Waals surface area contributed by atoms with Crippen LogP contribution in [-0.2, 0) is 17.1 Å². The van der Waals surface area contributed by atoms with Gasteiger partial charge in [-0.1, -0.05) is 11.6 Å². The van der Waals surface area contributed by atoms with E-state index in [4.69, 9.17) is 11.6 Å². The molecule has 3 heterocycles. The molecule has 10 heteroatoms. The third-order valence-electron chi connectivity index (χ3n) is 3.49. The van der Waals surface area contributed by atoms with Crippen LogP contribution in [-0.4, -0.2) is 58.4 Å². The van der Waals surface area contributed by atoms with Crippen molar-refractivity contribution in [1.82, 2.24) is 23.8 Å². The zero-order valence-electron chi connectivity index (χ0n) is 11.9. The Kier molecular flexibility index (Phi) is 4.02. The Morgan fingerprint density at radius 1 is 1.09 bits per heavy atom. The average Bonchev–Trinajstić information content (AvgIpc) is 2.88. The lowest BCUT2D eigenvalue weighted by Gasteiger charge is -2.33. The summed E-state index contributed by atoms with van der Waals surface area (Å²) in [7, 11) is -2.02. The van der Waals surface area contributed by atoms with E-state index >= 15 is 0 Å². The predicted octanol–water partition coefficient (Wildman–Crippen LogP) is 0.374. The number of hydrogen-bond donors (Lipinski definition) is 0. The van der Waals surface area contributed by atoms with Crippen molar-refractivity contribution in [2.45, 2.75) is 5.03 Å². The third-order valence-corrected chi connectivity index (χ3v) is 5.88. The number of halogens is 1. The highest BCUT2D eigenvalue weighted by atomic mass is 35.5. The predicted molar refractivity (Wildman–Crippen MR) is 81.2 cm³/mol. The van der Waals surface area contributed by atoms with Crippen molar-refractivity contribution in [3.8, 4) is 0 Å². The monoisotopic (exact) mass is 342 g/mol. The second-order valence-corrected chi connectivity index (χ2v) is 7.10. The molecule has 0 unspecified atom stereocenters. The van der Waals surface area contributed by atoms with Gasteiger partial charge in [0.15, 0.2) is 0 Å². The van der Waals surface area contributed by atoms with Crippen LogP contribution >= 0.6 is 11.6 Å². The van der Waals surface area contributed by atoms with Gasteiger partial charge in [-0.2, -0.15) is 4.31 Å². The van der Waals surface area contributed by atoms with Crippen LogP contribution in [0.3, 0.4) is 0 Å². The lowest BCUT2D eigenvalue weighted by molar-refractivity contribution is 0.381. The van der Waals surface area contributed by atoms with Crippen molar-refractivity contribution in [3.05, 3.63) is 29.9 Å². The van der Waals surface area contributed by atoms with Gasteiger partial charge in [-0.25, -0.2) is 23.4 Å². The number of aryl methyl sites for hydroxylation is 1. The third kappa shape index (κ3) is 2.67. The highest BCUT2D eigenvalue weighted by Gasteiger charge is 2.32. The van der Waals surface area contributed by atoms with Crippen LogP contribution in [0.4, 0.5) is 5.95 Å². The molecule has 0 saturated carbocycles. The molecule has 2 aromatic rings. The Morgan fingerprint density at radius 2 is 1.73 bits per heavy atom. The van der Waals surface area contributed by atoms with Gasteiger partial charge >= 0.3 is 0 Å². The summed E-state index contributed by atoms with van der Waals surface area (Å²) < 4.78 is 28.0. The molecule has 1 saturated heterocycles. The minimum absolute atomic E-state index is 0.0962. The Balaban J connectivity index is 1.75. The zero-order chi connectivity index (χ0) is 15.7. The van der Waals surface area contributed by atoms with Crippen LogP contribution in [0.25, 0.3) is 0 Å². The molecular formula is C12H15ClN6O2S. The fraction of sp³-hybridized carbons (Fsp3) is 0.417. The highest BCUT2D eigenvalue weighted by molar-refractivity contribution is 7.89. The summed E-state index contributed by atoms with van der Waals surface area (Å²) in [6, 6.07) is 1.74. The van der Waals surface area contributed by atoms with Gasteiger partial charge in [0.1, 0.15) is 5.15 Å². The standard InChI is InChI=1S/C12H15ClN6O2S/c1-17-9-16-11(10(17)13)22(20,21)19-7-5-18(6-8-19)12-14-3-2-4-15-12/h2-4,9H,5-8H2,1H3. The number of hydrogen-bond acceptors (Lipinski definition) is 6. The van der Waals surface area contributed by atoms with Crippen LogP contribution in [0.1, 0.15) is 0 Å². The average molecular weight is 343 g/mol. The second-order valence-electron chi connectivity index (χ2n) is 4.89. The molecule has 2 aromatic heterocycles. The number of imidazole rings is 1. The van der Waals surface area contributed by atoms with Crippen LogP contribution < -0.4 is 4.90 Å². The first-order valence-corrected chi connectivity index (χ1v) is 8.51. The topological polar surface area (TPSA) is 84.2 Å². The molecule has 0 aromatic carbocycles. The van der Waals surface area contributed by atoms with Gasteiger partial charge in [0.2, 0.25) is 11.0 Å². The fourth-order valence-electron chi connectivity index (χ4n) is 2.27. The minimum atomic E-state index is -3.68. The lowest BCUT2D eigenvalue weighted by atomic mass is 10.4. The fourth-order valence-corrected chi connectivity index (χ4v) is 4.08. The van der Waals surface area contributed by atoms with Crippen molar-refractivity contribution in [3.63, 3.8) is 0 Å². The molecule has 0 atom stereocenters. The van der Waals surface area contributed by atoms with Crippen LogP contribution in [0.15, 0.2) is 29.8 Å². The van der Waals surface area contributed by atoms with Gasteiger partial charge in [0, 0.05) is 45.6 Å². The highest BCUT2D eigenvalue weighted by Crippen LogP contribution is 2.23. The summed E-state index contributed by atoms with van der Waals surface area (Å²) >= 11 is 6.00. The summed E-state index contributed by atoms with van der Waals surface area (Å²) in [4.78, 5) is 14.2. The number of sulfonamides is 1. The molecule has 118 valence electrons. The van der Waals surface area contributed by atoms with Crippen molar-refractivity contribution in [2.75, 3.05) is 31.1 Å². The van der Waals surface area contributed by atoms with E-state index in [0.717, 1.165) is 0 Å². The summed E-state index contributed by atoms with van der Waals surface area (Å²) in [5, 5.41) is 0.0231. The normalized spacial score (nSPS) is 16.9. The quantitative estimate of drug-likeness (QED) is 0.801. The van der Waals surface area contributed by atoms with E-state index in [2.05, 4.69) is 15.0 Å². The van der Waals surface area contributed by atoms with E-state index in [1.54, 1.807) is 25.5 Å². The van der Waals surface area contributed by atoms with Gasteiger partial charge in [0.25, 0.3) is 10.0 Å². The van der Waals surface area contributed by atoms with E-state index in [1.807, 2.05) is 4.90 Å². The maximum atomic E-state index is 12.6. The molecule has 1 aliphatic rings. The number of rotatable bonds is 3. The summed E-state index contributed by atoms with van der Waals surface area (Å²) in [6.45, 7) is 1.72. The number of piperazine rings is 1. The SMILES string of the molecule is Cn1cnc(S(=O)(=O)N2CCN(c3ncccn3)CC2)c1Cl. The van der Waals surface area contributed by atoms with Crippen molar-refractivity contribution in [1.29, 1.82) is 0 Å². The molecule has 0 N–H and O–H groups in total. The first kappa shape index (κ1) is 15.2. The van der Waals surface area contributed by atoms with Crippen molar-refractivity contribution >= 4 is 27.6 Å². The Labute approximate surface area is 133 Å². The number of aromatic nitrogens is 4. The zero-order valence-corrected chi connectivity index (χ0v) is 13.5. The molecule has 1 aliphatic heterocycles. The van der Waals surface area contributed by atoms with Crippen LogP contribution in [0.5, 0.6) is 0 Å². The molecule has 3 rings (SSSR count). The molecule has 0 bridgehead atoms.